The molecule has 1 heterocycles. The number of nitrogens with one attached hydrogen (secondary N) is 1. The summed E-state index contributed by atoms with van der Waals surface area (Å²) in [6.45, 7) is 1.43. The molecule has 1 atom stereocenters. The lowest BCUT2D eigenvalue weighted by molar-refractivity contribution is -0.112. The van der Waals surface area contributed by atoms with Crippen LogP contribution in [0.25, 0.3) is 0 Å². The molecule has 0 aromatic heterocycles. The second-order valence-corrected chi connectivity index (χ2v) is 4.70. The van der Waals surface area contributed by atoms with Crippen molar-refractivity contribution in [3.8, 4) is 0 Å². The third-order valence-corrected chi connectivity index (χ3v) is 3.74. The second kappa shape index (κ2) is 5.44. The van der Waals surface area contributed by atoms with E-state index in [1.807, 2.05) is 0 Å². The van der Waals surface area contributed by atoms with Gasteiger partial charge in [0.25, 0.3) is 5.92 Å². The lowest BCUT2D eigenvalue weighted by Crippen LogP contribution is -2.44. The van der Waals surface area contributed by atoms with Gasteiger partial charge in [-0.3, -0.25) is 0 Å². The molecular weight excluding hydrogens is 220 g/mol. The topological polar surface area (TPSA) is 12.0 Å². The van der Waals surface area contributed by atoms with Gasteiger partial charge in [0.05, 0.1) is 0 Å². The lowest BCUT2D eigenvalue weighted by atomic mass is 9.84. The van der Waals surface area contributed by atoms with E-state index in [-0.39, 0.29) is 18.3 Å². The monoisotopic (exact) mass is 239 g/mol. The van der Waals surface area contributed by atoms with Gasteiger partial charge in [-0.15, -0.1) is 12.4 Å². The van der Waals surface area contributed by atoms with Crippen molar-refractivity contribution in [2.24, 2.45) is 11.8 Å². The molecule has 0 radical (unpaired) electrons. The van der Waals surface area contributed by atoms with E-state index in [9.17, 15) is 8.78 Å². The van der Waals surface area contributed by atoms with E-state index in [0.29, 0.717) is 13.0 Å². The van der Waals surface area contributed by atoms with Crippen molar-refractivity contribution < 1.29 is 8.78 Å². The fourth-order valence-corrected chi connectivity index (χ4v) is 2.82. The van der Waals surface area contributed by atoms with Crippen molar-refractivity contribution in [2.75, 3.05) is 13.1 Å². The van der Waals surface area contributed by atoms with Gasteiger partial charge >= 0.3 is 0 Å². The van der Waals surface area contributed by atoms with Gasteiger partial charge in [-0.05, 0) is 32.2 Å². The van der Waals surface area contributed by atoms with Gasteiger partial charge in [-0.1, -0.05) is 12.8 Å². The summed E-state index contributed by atoms with van der Waals surface area (Å²) in [5, 5.41) is 3.08. The maximum absolute atomic E-state index is 14.0. The van der Waals surface area contributed by atoms with Crippen molar-refractivity contribution in [1.29, 1.82) is 0 Å². The summed E-state index contributed by atoms with van der Waals surface area (Å²) >= 11 is 0. The molecule has 0 bridgehead atoms. The average molecular weight is 240 g/mol. The molecule has 1 aliphatic heterocycles. The van der Waals surface area contributed by atoms with Crippen LogP contribution in [0.1, 0.15) is 38.5 Å². The minimum Gasteiger partial charge on any atom is -0.316 e. The van der Waals surface area contributed by atoms with Crippen molar-refractivity contribution in [3.63, 3.8) is 0 Å². The molecule has 15 heavy (non-hydrogen) atoms. The number of halogens is 3. The summed E-state index contributed by atoms with van der Waals surface area (Å²) in [6.07, 6.45) is 5.09. The molecule has 1 saturated carbocycles. The van der Waals surface area contributed by atoms with Gasteiger partial charge in [-0.2, -0.15) is 0 Å². The molecule has 0 spiro atoms. The third-order valence-electron chi connectivity index (χ3n) is 3.74. The largest absolute Gasteiger partial charge is 0.316 e. The molecule has 2 rings (SSSR count). The summed E-state index contributed by atoms with van der Waals surface area (Å²) in [5.41, 5.74) is 0. The van der Waals surface area contributed by atoms with Crippen LogP contribution in [-0.2, 0) is 0 Å². The van der Waals surface area contributed by atoms with Crippen molar-refractivity contribution >= 4 is 12.4 Å². The SMILES string of the molecule is Cl.FC(F)(C1CCCC1)C1CCCNC1. The van der Waals surface area contributed by atoms with E-state index in [2.05, 4.69) is 5.32 Å². The van der Waals surface area contributed by atoms with Crippen molar-refractivity contribution in [2.45, 2.75) is 44.4 Å². The van der Waals surface area contributed by atoms with Crippen LogP contribution < -0.4 is 5.32 Å². The van der Waals surface area contributed by atoms with Gasteiger partial charge in [0.2, 0.25) is 0 Å². The number of hydrogen-bond acceptors (Lipinski definition) is 1. The fraction of sp³-hybridized carbons (Fsp3) is 1.00. The van der Waals surface area contributed by atoms with Gasteiger partial charge in [0, 0.05) is 18.4 Å². The van der Waals surface area contributed by atoms with Crippen LogP contribution in [0.3, 0.4) is 0 Å². The van der Waals surface area contributed by atoms with Crippen LogP contribution in [-0.4, -0.2) is 19.0 Å². The van der Waals surface area contributed by atoms with E-state index >= 15 is 0 Å². The third kappa shape index (κ3) is 2.82. The first-order chi connectivity index (χ1) is 6.71. The zero-order valence-electron chi connectivity index (χ0n) is 8.98. The Kier molecular flexibility index (Phi) is 4.78. The normalized spacial score (nSPS) is 28.8. The number of hydrogen-bond donors (Lipinski definition) is 1. The molecule has 1 saturated heterocycles. The zero-order valence-corrected chi connectivity index (χ0v) is 9.79. The Morgan fingerprint density at radius 1 is 0.933 bits per heavy atom. The first kappa shape index (κ1) is 13.2. The molecule has 0 aromatic rings. The van der Waals surface area contributed by atoms with Crippen LogP contribution in [0, 0.1) is 11.8 Å². The molecular formula is C11H20ClF2N. The molecule has 1 unspecified atom stereocenters. The molecule has 1 N–H and O–H groups in total. The van der Waals surface area contributed by atoms with Gasteiger partial charge in [0.1, 0.15) is 0 Å². The number of piperidine rings is 1. The molecule has 4 heteroatoms. The van der Waals surface area contributed by atoms with Gasteiger partial charge in [0.15, 0.2) is 0 Å². The first-order valence-electron chi connectivity index (χ1n) is 5.80. The van der Waals surface area contributed by atoms with Crippen LogP contribution >= 0.6 is 12.4 Å². The predicted molar refractivity (Wildman–Crippen MR) is 59.7 cm³/mol. The average Bonchev–Trinajstić information content (AvgIpc) is 2.72. The molecule has 0 aromatic carbocycles. The number of rotatable bonds is 2. The second-order valence-electron chi connectivity index (χ2n) is 4.70. The highest BCUT2D eigenvalue weighted by molar-refractivity contribution is 5.85. The molecule has 90 valence electrons. The van der Waals surface area contributed by atoms with Gasteiger partial charge in [-0.25, -0.2) is 8.78 Å². The lowest BCUT2D eigenvalue weighted by Gasteiger charge is -2.34. The Balaban J connectivity index is 0.00000112. The molecule has 1 nitrogen and oxygen atoms in total. The highest BCUT2D eigenvalue weighted by Crippen LogP contribution is 2.44. The van der Waals surface area contributed by atoms with E-state index in [4.69, 9.17) is 0 Å². The zero-order chi connectivity index (χ0) is 10.0. The smallest absolute Gasteiger partial charge is 0.254 e. The maximum Gasteiger partial charge on any atom is 0.254 e. The summed E-state index contributed by atoms with van der Waals surface area (Å²) in [4.78, 5) is 0. The van der Waals surface area contributed by atoms with Gasteiger partial charge < -0.3 is 5.32 Å². The van der Waals surface area contributed by atoms with E-state index in [1.54, 1.807) is 0 Å². The van der Waals surface area contributed by atoms with Crippen LogP contribution in [0.4, 0.5) is 8.78 Å². The summed E-state index contributed by atoms with van der Waals surface area (Å²) in [7, 11) is 0. The van der Waals surface area contributed by atoms with E-state index < -0.39 is 11.8 Å². The Morgan fingerprint density at radius 2 is 1.53 bits per heavy atom. The van der Waals surface area contributed by atoms with Crippen LogP contribution in [0.5, 0.6) is 0 Å². The highest BCUT2D eigenvalue weighted by atomic mass is 35.5. The van der Waals surface area contributed by atoms with Crippen molar-refractivity contribution in [3.05, 3.63) is 0 Å². The Bertz CT molecular complexity index is 187. The number of alkyl halides is 2. The highest BCUT2D eigenvalue weighted by Gasteiger charge is 2.47. The summed E-state index contributed by atoms with van der Waals surface area (Å²) in [6, 6.07) is 0. The Labute approximate surface area is 96.4 Å². The molecule has 0 amide bonds. The fourth-order valence-electron chi connectivity index (χ4n) is 2.82. The maximum atomic E-state index is 14.0. The van der Waals surface area contributed by atoms with Crippen molar-refractivity contribution in [1.82, 2.24) is 5.32 Å². The summed E-state index contributed by atoms with van der Waals surface area (Å²) < 4.78 is 27.9. The minimum absolute atomic E-state index is 0. The van der Waals surface area contributed by atoms with E-state index in [0.717, 1.165) is 38.6 Å². The molecule has 2 aliphatic rings. The van der Waals surface area contributed by atoms with Crippen LogP contribution in [0.2, 0.25) is 0 Å². The molecule has 2 fully saturated rings. The standard InChI is InChI=1S/C11H19F2N.ClH/c12-11(13,9-4-1-2-5-9)10-6-3-7-14-8-10;/h9-10,14H,1-8H2;1H. The quantitative estimate of drug-likeness (QED) is 0.780. The Hall–Kier alpha value is 0.110. The van der Waals surface area contributed by atoms with Crippen LogP contribution in [0.15, 0.2) is 0 Å². The minimum atomic E-state index is -2.41. The molecule has 1 aliphatic carbocycles. The first-order valence-corrected chi connectivity index (χ1v) is 5.80. The summed E-state index contributed by atoms with van der Waals surface area (Å²) in [5.74, 6) is -3.14. The Morgan fingerprint density at radius 3 is 2.07 bits per heavy atom. The van der Waals surface area contributed by atoms with E-state index in [1.165, 1.54) is 0 Å². The predicted octanol–water partition coefficient (Wildman–Crippen LogP) is 3.23.